The number of nitrogens with zero attached hydrogens (tertiary/aromatic N) is 2. The molecule has 220 valence electrons. The molecule has 0 aliphatic heterocycles. The van der Waals surface area contributed by atoms with Crippen LogP contribution in [0.4, 0.5) is 5.69 Å². The second kappa shape index (κ2) is 13.8. The number of nitrogens with one attached hydrogen (secondary N) is 1. The van der Waals surface area contributed by atoms with Crippen LogP contribution in [0.25, 0.3) is 0 Å². The van der Waals surface area contributed by atoms with Gasteiger partial charge >= 0.3 is 0 Å². The largest absolute Gasteiger partial charge is 0.352 e. The highest BCUT2D eigenvalue weighted by atomic mass is 32.2. The fourth-order valence-electron chi connectivity index (χ4n) is 4.80. The van der Waals surface area contributed by atoms with Crippen LogP contribution in [-0.4, -0.2) is 43.8 Å². The summed E-state index contributed by atoms with van der Waals surface area (Å²) < 4.78 is 29.3. The quantitative estimate of drug-likeness (QED) is 0.293. The number of anilines is 1. The molecule has 0 heterocycles. The maximum Gasteiger partial charge on any atom is 0.264 e. The molecule has 2 atom stereocenters. The molecule has 0 bridgehead atoms. The molecule has 0 aromatic heterocycles. The maximum absolute atomic E-state index is 14.2. The van der Waals surface area contributed by atoms with E-state index < -0.39 is 28.5 Å². The maximum atomic E-state index is 14.2. The average Bonchev–Trinajstić information content (AvgIpc) is 2.92. The van der Waals surface area contributed by atoms with E-state index in [9.17, 15) is 18.0 Å². The molecule has 0 fully saturated rings. The number of hydrogen-bond acceptors (Lipinski definition) is 4. The van der Waals surface area contributed by atoms with E-state index in [1.807, 2.05) is 84.9 Å². The highest BCUT2D eigenvalue weighted by Crippen LogP contribution is 2.28. The average molecular weight is 578 g/mol. The summed E-state index contributed by atoms with van der Waals surface area (Å²) in [5.74, 6) is -0.698. The van der Waals surface area contributed by atoms with E-state index in [2.05, 4.69) is 5.32 Å². The van der Waals surface area contributed by atoms with E-state index in [4.69, 9.17) is 0 Å². The van der Waals surface area contributed by atoms with Gasteiger partial charge in [0.15, 0.2) is 0 Å². The van der Waals surface area contributed by atoms with Crippen molar-refractivity contribution in [2.75, 3.05) is 10.8 Å². The number of sulfonamides is 1. The second-order valence-electron chi connectivity index (χ2n) is 10.9. The lowest BCUT2D eigenvalue weighted by Gasteiger charge is -2.34. The van der Waals surface area contributed by atoms with Gasteiger partial charge in [0.2, 0.25) is 11.8 Å². The van der Waals surface area contributed by atoms with Crippen LogP contribution in [0, 0.1) is 27.7 Å². The number of benzene rings is 3. The third-order valence-electron chi connectivity index (χ3n) is 7.33. The first kappa shape index (κ1) is 31.9. The molecule has 0 saturated heterocycles. The molecule has 1 N–H and O–H groups in total. The normalized spacial score (nSPS) is 12.9. The van der Waals surface area contributed by atoms with E-state index in [-0.39, 0.29) is 23.4 Å². The minimum atomic E-state index is -4.10. The molecule has 7 nitrogen and oxygen atoms in total. The number of aryl methyl sites for hydroxylation is 4. The van der Waals surface area contributed by atoms with Crippen molar-refractivity contribution in [1.82, 2.24) is 10.2 Å². The van der Waals surface area contributed by atoms with Crippen LogP contribution in [0.1, 0.15) is 61.4 Å². The molecule has 2 amide bonds. The van der Waals surface area contributed by atoms with Crippen molar-refractivity contribution in [3.8, 4) is 0 Å². The first-order chi connectivity index (χ1) is 19.4. The summed E-state index contributed by atoms with van der Waals surface area (Å²) >= 11 is 0. The summed E-state index contributed by atoms with van der Waals surface area (Å²) in [5.41, 5.74) is 4.98. The fraction of sp³-hybridized carbons (Fsp3) is 0.394. The summed E-state index contributed by atoms with van der Waals surface area (Å²) in [7, 11) is -4.10. The van der Waals surface area contributed by atoms with Crippen molar-refractivity contribution in [3.05, 3.63) is 94.5 Å². The van der Waals surface area contributed by atoms with E-state index in [0.29, 0.717) is 12.1 Å². The Labute approximate surface area is 245 Å². The van der Waals surface area contributed by atoms with E-state index >= 15 is 0 Å². The highest BCUT2D eigenvalue weighted by Gasteiger charge is 2.34. The lowest BCUT2D eigenvalue weighted by atomic mass is 10.1. The molecule has 0 radical (unpaired) electrons. The number of amides is 2. The first-order valence-corrected chi connectivity index (χ1v) is 15.6. The third kappa shape index (κ3) is 7.97. The van der Waals surface area contributed by atoms with Crippen LogP contribution in [-0.2, 0) is 26.2 Å². The monoisotopic (exact) mass is 577 g/mol. The van der Waals surface area contributed by atoms with Crippen LogP contribution in [0.2, 0.25) is 0 Å². The molecule has 0 aliphatic carbocycles. The Morgan fingerprint density at radius 1 is 0.829 bits per heavy atom. The van der Waals surface area contributed by atoms with Gasteiger partial charge in [0.1, 0.15) is 12.6 Å². The van der Waals surface area contributed by atoms with Crippen molar-refractivity contribution in [3.63, 3.8) is 0 Å². The Morgan fingerprint density at radius 3 is 2.05 bits per heavy atom. The zero-order chi connectivity index (χ0) is 30.3. The Morgan fingerprint density at radius 2 is 1.46 bits per heavy atom. The highest BCUT2D eigenvalue weighted by molar-refractivity contribution is 7.92. The van der Waals surface area contributed by atoms with E-state index in [1.165, 1.54) is 9.21 Å². The first-order valence-electron chi connectivity index (χ1n) is 14.2. The van der Waals surface area contributed by atoms with Gasteiger partial charge in [0.05, 0.1) is 10.6 Å². The van der Waals surface area contributed by atoms with Crippen molar-refractivity contribution in [2.45, 2.75) is 84.8 Å². The molecule has 0 aliphatic rings. The fourth-order valence-corrected chi connectivity index (χ4v) is 6.28. The summed E-state index contributed by atoms with van der Waals surface area (Å²) in [6.45, 7) is 13.1. The summed E-state index contributed by atoms with van der Waals surface area (Å²) in [6.07, 6.45) is 1.14. The topological polar surface area (TPSA) is 86.8 Å². The molecule has 8 heteroatoms. The number of carbonyl (C=O) groups is 2. The number of carbonyl (C=O) groups excluding carboxylic acids is 2. The Kier molecular flexibility index (Phi) is 10.7. The van der Waals surface area contributed by atoms with E-state index in [1.54, 1.807) is 30.3 Å². The number of rotatable bonds is 12. The van der Waals surface area contributed by atoms with Crippen LogP contribution in [0.5, 0.6) is 0 Å². The van der Waals surface area contributed by atoms with Crippen LogP contribution < -0.4 is 9.62 Å². The van der Waals surface area contributed by atoms with Crippen LogP contribution in [0.3, 0.4) is 0 Å². The van der Waals surface area contributed by atoms with E-state index in [0.717, 1.165) is 34.2 Å². The van der Waals surface area contributed by atoms with Gasteiger partial charge in [0, 0.05) is 12.6 Å². The van der Waals surface area contributed by atoms with Gasteiger partial charge in [-0.25, -0.2) is 8.42 Å². The van der Waals surface area contributed by atoms with Crippen molar-refractivity contribution in [1.29, 1.82) is 0 Å². The smallest absolute Gasteiger partial charge is 0.264 e. The Balaban J connectivity index is 2.10. The molecular weight excluding hydrogens is 534 g/mol. The zero-order valence-electron chi connectivity index (χ0n) is 25.3. The predicted molar refractivity (Wildman–Crippen MR) is 165 cm³/mol. The van der Waals surface area contributed by atoms with Gasteiger partial charge in [0.25, 0.3) is 10.0 Å². The standard InChI is InChI=1S/C33H43N3O4S/c1-8-27(7)34-33(38)30(9-2)35(21-28-12-10-11-24(4)20-28)32(37)22-36(31-18-15-25(5)19-26(31)6)41(39,40)29-16-13-23(3)14-17-29/h10-20,27,30H,8-9,21-22H2,1-7H3,(H,34,38). The molecule has 0 spiro atoms. The summed E-state index contributed by atoms with van der Waals surface area (Å²) in [6, 6.07) is 19.0. The molecule has 3 rings (SSSR count). The second-order valence-corrected chi connectivity index (χ2v) is 12.7. The summed E-state index contributed by atoms with van der Waals surface area (Å²) in [5, 5.41) is 3.01. The lowest BCUT2D eigenvalue weighted by molar-refractivity contribution is -0.140. The predicted octanol–water partition coefficient (Wildman–Crippen LogP) is 5.84. The molecule has 41 heavy (non-hydrogen) atoms. The van der Waals surface area contributed by atoms with Gasteiger partial charge in [-0.15, -0.1) is 0 Å². The van der Waals surface area contributed by atoms with Crippen molar-refractivity contribution in [2.24, 2.45) is 0 Å². The Bertz CT molecular complexity index is 1470. The van der Waals surface area contributed by atoms with Gasteiger partial charge < -0.3 is 10.2 Å². The summed E-state index contributed by atoms with van der Waals surface area (Å²) in [4.78, 5) is 29.3. The molecular formula is C33H43N3O4S. The lowest BCUT2D eigenvalue weighted by Crippen LogP contribution is -2.53. The Hall–Kier alpha value is -3.65. The van der Waals surface area contributed by atoms with Crippen LogP contribution >= 0.6 is 0 Å². The number of hydrogen-bond donors (Lipinski definition) is 1. The van der Waals surface area contributed by atoms with Gasteiger partial charge in [-0.1, -0.05) is 79.1 Å². The van der Waals surface area contributed by atoms with Crippen molar-refractivity contribution >= 4 is 27.5 Å². The SMILES string of the molecule is CCC(C)NC(=O)C(CC)N(Cc1cccc(C)c1)C(=O)CN(c1ccc(C)cc1C)S(=O)(=O)c1ccc(C)cc1. The molecule has 3 aromatic rings. The minimum Gasteiger partial charge on any atom is -0.352 e. The van der Waals surface area contributed by atoms with Gasteiger partial charge in [-0.3, -0.25) is 13.9 Å². The molecule has 2 unspecified atom stereocenters. The van der Waals surface area contributed by atoms with Crippen LogP contribution in [0.15, 0.2) is 71.6 Å². The van der Waals surface area contributed by atoms with Gasteiger partial charge in [-0.05, 0) is 76.8 Å². The third-order valence-corrected chi connectivity index (χ3v) is 9.11. The minimum absolute atomic E-state index is 0.0545. The van der Waals surface area contributed by atoms with Crippen molar-refractivity contribution < 1.29 is 18.0 Å². The molecule has 3 aromatic carbocycles. The van der Waals surface area contributed by atoms with Gasteiger partial charge in [-0.2, -0.15) is 0 Å². The molecule has 0 saturated carbocycles. The zero-order valence-corrected chi connectivity index (χ0v) is 26.1.